The van der Waals surface area contributed by atoms with E-state index >= 15 is 0 Å². The lowest BCUT2D eigenvalue weighted by Crippen LogP contribution is -2.40. The number of rotatable bonds is 12. The number of carbonyl (C=O) groups is 2. The van der Waals surface area contributed by atoms with Crippen molar-refractivity contribution >= 4 is 41.7 Å². The predicted molar refractivity (Wildman–Crippen MR) is 188 cm³/mol. The van der Waals surface area contributed by atoms with E-state index in [-0.39, 0.29) is 30.6 Å². The van der Waals surface area contributed by atoms with Crippen LogP contribution in [0.4, 0.5) is 10.1 Å². The molecule has 0 aromatic heterocycles. The molecule has 11 heteroatoms. The zero-order chi connectivity index (χ0) is 35.4. The highest BCUT2D eigenvalue weighted by molar-refractivity contribution is 6.58. The van der Waals surface area contributed by atoms with Gasteiger partial charge in [-0.1, -0.05) is 72.8 Å². The van der Waals surface area contributed by atoms with Gasteiger partial charge in [0.2, 0.25) is 11.8 Å². The van der Waals surface area contributed by atoms with Crippen molar-refractivity contribution in [3.8, 4) is 11.5 Å². The van der Waals surface area contributed by atoms with Gasteiger partial charge in [-0.05, 0) is 89.0 Å². The zero-order valence-electron chi connectivity index (χ0n) is 27.1. The van der Waals surface area contributed by atoms with Crippen molar-refractivity contribution in [3.63, 3.8) is 0 Å². The van der Waals surface area contributed by atoms with Crippen LogP contribution in [0.5, 0.6) is 11.5 Å². The van der Waals surface area contributed by atoms with Crippen molar-refractivity contribution in [1.82, 2.24) is 0 Å². The van der Waals surface area contributed by atoms with Gasteiger partial charge in [0.1, 0.15) is 12.4 Å². The molecule has 4 atom stereocenters. The number of para-hydroxylation sites is 1. The third-order valence-corrected chi connectivity index (χ3v) is 9.47. The van der Waals surface area contributed by atoms with E-state index in [0.29, 0.717) is 28.9 Å². The number of anilines is 1. The normalized spacial score (nSPS) is 19.8. The number of aromatic hydroxyl groups is 1. The topological polar surface area (TPSA) is 148 Å². The molecule has 1 heterocycles. The molecule has 0 bridgehead atoms. The third kappa shape index (κ3) is 7.27. The summed E-state index contributed by atoms with van der Waals surface area (Å²) in [5, 5.41) is 51.9. The Morgan fingerprint density at radius 1 is 0.940 bits per heavy atom. The number of aliphatic hydroxyl groups is 2. The van der Waals surface area contributed by atoms with Crippen LogP contribution >= 0.6 is 0 Å². The maximum absolute atomic E-state index is 14.2. The minimum atomic E-state index is -1.80. The molecular formula is C39H37BFNO8. The van der Waals surface area contributed by atoms with Gasteiger partial charge in [-0.3, -0.25) is 14.5 Å². The quantitative estimate of drug-likeness (QED) is 0.0653. The number of amides is 2. The van der Waals surface area contributed by atoms with Crippen LogP contribution in [0.15, 0.2) is 114 Å². The molecule has 1 saturated heterocycles. The highest BCUT2D eigenvalue weighted by atomic mass is 19.1. The van der Waals surface area contributed by atoms with Gasteiger partial charge in [-0.2, -0.15) is 0 Å². The van der Waals surface area contributed by atoms with Crippen molar-refractivity contribution in [2.75, 3.05) is 18.1 Å². The predicted octanol–water partition coefficient (Wildman–Crippen LogP) is 4.09. The number of hydrogen-bond acceptors (Lipinski definition) is 8. The molecule has 0 unspecified atom stereocenters. The number of fused-ring (bicyclic) bond motifs is 1. The molecule has 1 fully saturated rings. The minimum Gasteiger partial charge on any atom is -0.505 e. The largest absolute Gasteiger partial charge is 0.505 e. The number of imide groups is 1. The van der Waals surface area contributed by atoms with Gasteiger partial charge in [0.25, 0.3) is 0 Å². The summed E-state index contributed by atoms with van der Waals surface area (Å²) >= 11 is 0. The lowest BCUT2D eigenvalue weighted by molar-refractivity contribution is -0.123. The number of phenolic OH excluding ortho intramolecular Hbond substituents is 1. The number of allylic oxidation sites excluding steroid dienone is 1. The number of nitrogens with zero attached hydrogens (tertiary/aromatic N) is 1. The summed E-state index contributed by atoms with van der Waals surface area (Å²) in [6.07, 6.45) is 1.24. The number of benzene rings is 4. The van der Waals surface area contributed by atoms with Gasteiger partial charge in [0.05, 0.1) is 30.2 Å². The van der Waals surface area contributed by atoms with E-state index in [0.717, 1.165) is 16.0 Å². The van der Waals surface area contributed by atoms with Crippen molar-refractivity contribution in [2.24, 2.45) is 17.8 Å². The van der Waals surface area contributed by atoms with Gasteiger partial charge >= 0.3 is 7.12 Å². The van der Waals surface area contributed by atoms with Crippen molar-refractivity contribution in [2.45, 2.75) is 25.4 Å². The fraction of sp³-hybridized carbons (Fsp3) is 0.231. The molecule has 2 amide bonds. The number of carbonyl (C=O) groups excluding carboxylic acids is 2. The molecule has 50 heavy (non-hydrogen) atoms. The Hall–Kier alpha value is -5.07. The van der Waals surface area contributed by atoms with Gasteiger partial charge in [0.15, 0.2) is 11.6 Å². The minimum absolute atomic E-state index is 0.0119. The van der Waals surface area contributed by atoms with E-state index in [9.17, 15) is 39.3 Å². The summed E-state index contributed by atoms with van der Waals surface area (Å²) in [6, 6.07) is 28.4. The van der Waals surface area contributed by atoms with Crippen LogP contribution in [-0.2, 0) is 9.59 Å². The Kier molecular flexibility index (Phi) is 10.6. The molecule has 4 aromatic rings. The van der Waals surface area contributed by atoms with E-state index in [4.69, 9.17) is 4.74 Å². The summed E-state index contributed by atoms with van der Waals surface area (Å²) in [5.74, 6) is -4.38. The van der Waals surface area contributed by atoms with E-state index in [1.807, 2.05) is 48.5 Å². The number of aliphatic hydroxyl groups excluding tert-OH is 2. The molecule has 0 spiro atoms. The molecule has 1 aliphatic heterocycles. The molecule has 2 aliphatic rings. The Balaban J connectivity index is 1.34. The first-order valence-corrected chi connectivity index (χ1v) is 16.4. The summed E-state index contributed by atoms with van der Waals surface area (Å²) in [5.41, 5.74) is 3.50. The van der Waals surface area contributed by atoms with Crippen LogP contribution in [-0.4, -0.2) is 63.6 Å². The fourth-order valence-electron chi connectivity index (χ4n) is 7.07. The summed E-state index contributed by atoms with van der Waals surface area (Å²) in [7, 11) is -1.80. The Labute approximate surface area is 289 Å². The monoisotopic (exact) mass is 677 g/mol. The molecule has 5 N–H and O–H groups in total. The van der Waals surface area contributed by atoms with Crippen LogP contribution in [0.1, 0.15) is 30.4 Å². The van der Waals surface area contributed by atoms with Crippen molar-refractivity contribution in [1.29, 1.82) is 0 Å². The second-order valence-electron chi connectivity index (χ2n) is 12.6. The average molecular weight is 678 g/mol. The van der Waals surface area contributed by atoms with Gasteiger partial charge < -0.3 is 30.1 Å². The summed E-state index contributed by atoms with van der Waals surface area (Å²) in [6.45, 7) is -0.503. The number of halogens is 1. The van der Waals surface area contributed by atoms with Crippen LogP contribution in [0.3, 0.4) is 0 Å². The van der Waals surface area contributed by atoms with E-state index in [2.05, 4.69) is 0 Å². The maximum atomic E-state index is 14.2. The number of ether oxygens (including phenoxy) is 1. The zero-order valence-corrected chi connectivity index (χ0v) is 27.1. The third-order valence-electron chi connectivity index (χ3n) is 9.47. The van der Waals surface area contributed by atoms with Crippen molar-refractivity contribution in [3.05, 3.63) is 131 Å². The molecule has 4 aromatic carbocycles. The Morgan fingerprint density at radius 2 is 1.66 bits per heavy atom. The molecule has 9 nitrogen and oxygen atoms in total. The fourth-order valence-corrected chi connectivity index (χ4v) is 7.07. The second kappa shape index (κ2) is 15.2. The van der Waals surface area contributed by atoms with E-state index < -0.39 is 61.0 Å². The smallest absolute Gasteiger partial charge is 0.488 e. The maximum Gasteiger partial charge on any atom is 0.488 e. The Morgan fingerprint density at radius 3 is 2.34 bits per heavy atom. The van der Waals surface area contributed by atoms with Crippen molar-refractivity contribution < 1.29 is 44.1 Å². The van der Waals surface area contributed by atoms with Crippen LogP contribution < -0.4 is 15.1 Å². The summed E-state index contributed by atoms with van der Waals surface area (Å²) < 4.78 is 20.3. The first kappa shape index (κ1) is 34.8. The first-order chi connectivity index (χ1) is 24.2. The lowest BCUT2D eigenvalue weighted by Gasteiger charge is -2.36. The second-order valence-corrected chi connectivity index (χ2v) is 12.6. The average Bonchev–Trinajstić information content (AvgIpc) is 3.38. The highest BCUT2D eigenvalue weighted by Crippen LogP contribution is 2.47. The standard InChI is InChI=1S/C39H37BFNO8/c41-33-19-24(14-16-34(33)44)18-26(25-8-3-1-4-9-25)15-17-35(45)36-27(23-50-30-12-5-2-6-13-30)20-31-37(32(36)22-43)39(47)42(38(31)46)29-11-7-10-28(21-29)40(48)49/h1-14,16,18-19,21,31-32,35,37,43-45,48-49H,15,17,20,22-23H2/b26-18-/t31-,32+,35-,37-/m1/s1. The molecule has 1 aliphatic carbocycles. The molecule has 0 saturated carbocycles. The van der Waals surface area contributed by atoms with Crippen LogP contribution in [0, 0.1) is 23.6 Å². The number of phenols is 1. The number of hydrogen-bond donors (Lipinski definition) is 5. The lowest BCUT2D eigenvalue weighted by atomic mass is 9.68. The highest BCUT2D eigenvalue weighted by Gasteiger charge is 2.55. The van der Waals surface area contributed by atoms with Gasteiger partial charge in [-0.25, -0.2) is 4.39 Å². The summed E-state index contributed by atoms with van der Waals surface area (Å²) in [4.78, 5) is 29.0. The molecule has 256 valence electrons. The molecule has 6 rings (SSSR count). The molecule has 0 radical (unpaired) electrons. The first-order valence-electron chi connectivity index (χ1n) is 16.4. The molecular weight excluding hydrogens is 640 g/mol. The van der Waals surface area contributed by atoms with E-state index in [1.165, 1.54) is 36.4 Å². The Bertz CT molecular complexity index is 1920. The van der Waals surface area contributed by atoms with Gasteiger partial charge in [0, 0.05) is 5.92 Å². The van der Waals surface area contributed by atoms with E-state index in [1.54, 1.807) is 24.3 Å². The van der Waals surface area contributed by atoms with Crippen LogP contribution in [0.2, 0.25) is 0 Å². The van der Waals surface area contributed by atoms with Crippen LogP contribution in [0.25, 0.3) is 11.6 Å². The SMILES string of the molecule is O=C1[C@@H]2[C@@H](CC(COc3ccccc3)=C([C@H](O)CC/C(=C/c3ccc(O)c(F)c3)c3ccccc3)[C@@H]2CO)C(=O)N1c1cccc(B(O)O)c1. The van der Waals surface area contributed by atoms with Gasteiger partial charge in [-0.15, -0.1) is 0 Å².